The number of hydrogen-bond donors (Lipinski definition) is 0. The molecule has 0 N–H and O–H groups in total. The smallest absolute Gasteiger partial charge is 0.390 e. The SMILES string of the molecule is Cc1cccc(C2=NOC(CN3CCN(Cc4ccccc4C(F)(F)F)CC3)C2)c1. The van der Waals surface area contributed by atoms with Crippen molar-refractivity contribution in [2.75, 3.05) is 32.7 Å². The van der Waals surface area contributed by atoms with Gasteiger partial charge in [-0.3, -0.25) is 9.80 Å². The van der Waals surface area contributed by atoms with Crippen molar-refractivity contribution in [2.45, 2.75) is 32.2 Å². The van der Waals surface area contributed by atoms with Crippen LogP contribution in [0.15, 0.2) is 53.7 Å². The maximum atomic E-state index is 13.2. The largest absolute Gasteiger partial charge is 0.416 e. The molecule has 1 saturated heterocycles. The maximum Gasteiger partial charge on any atom is 0.416 e. The van der Waals surface area contributed by atoms with Crippen LogP contribution in [0.2, 0.25) is 0 Å². The third kappa shape index (κ3) is 5.02. The number of aryl methyl sites for hydroxylation is 1. The molecule has 0 bridgehead atoms. The molecule has 2 heterocycles. The molecule has 2 aromatic rings. The summed E-state index contributed by atoms with van der Waals surface area (Å²) in [5.74, 6) is 0. The molecule has 0 radical (unpaired) electrons. The number of oxime groups is 1. The molecule has 7 heteroatoms. The Bertz CT molecular complexity index is 905. The second kappa shape index (κ2) is 8.78. The molecule has 2 aliphatic rings. The fraction of sp³-hybridized carbons (Fsp3) is 0.435. The first kappa shape index (κ1) is 20.9. The monoisotopic (exact) mass is 417 g/mol. The zero-order valence-electron chi connectivity index (χ0n) is 17.0. The van der Waals surface area contributed by atoms with Gasteiger partial charge in [-0.25, -0.2) is 0 Å². The lowest BCUT2D eigenvalue weighted by atomic mass is 10.0. The highest BCUT2D eigenvalue weighted by Crippen LogP contribution is 2.32. The molecule has 0 aromatic heterocycles. The molecule has 0 saturated carbocycles. The Morgan fingerprint density at radius 2 is 1.73 bits per heavy atom. The lowest BCUT2D eigenvalue weighted by Gasteiger charge is -2.35. The molecule has 160 valence electrons. The van der Waals surface area contributed by atoms with E-state index in [-0.39, 0.29) is 6.10 Å². The Morgan fingerprint density at radius 3 is 2.47 bits per heavy atom. The van der Waals surface area contributed by atoms with E-state index in [1.807, 2.05) is 6.07 Å². The van der Waals surface area contributed by atoms with Crippen molar-refractivity contribution < 1.29 is 18.0 Å². The molecule has 1 fully saturated rings. The summed E-state index contributed by atoms with van der Waals surface area (Å²) in [4.78, 5) is 10.0. The van der Waals surface area contributed by atoms with Crippen LogP contribution >= 0.6 is 0 Å². The van der Waals surface area contributed by atoms with Crippen molar-refractivity contribution in [3.05, 3.63) is 70.8 Å². The van der Waals surface area contributed by atoms with Crippen LogP contribution in [-0.4, -0.2) is 54.3 Å². The lowest BCUT2D eigenvalue weighted by Crippen LogP contribution is -2.48. The van der Waals surface area contributed by atoms with Gasteiger partial charge in [0.25, 0.3) is 0 Å². The number of halogens is 3. The van der Waals surface area contributed by atoms with Crippen LogP contribution in [-0.2, 0) is 17.6 Å². The molecule has 4 rings (SSSR count). The molecule has 2 aliphatic heterocycles. The minimum Gasteiger partial charge on any atom is -0.390 e. The summed E-state index contributed by atoms with van der Waals surface area (Å²) >= 11 is 0. The van der Waals surface area contributed by atoms with Crippen LogP contribution in [0.1, 0.15) is 28.7 Å². The molecular weight excluding hydrogens is 391 g/mol. The molecule has 4 nitrogen and oxygen atoms in total. The highest BCUT2D eigenvalue weighted by Gasteiger charge is 2.33. The third-order valence-electron chi connectivity index (χ3n) is 5.73. The van der Waals surface area contributed by atoms with Crippen molar-refractivity contribution in [2.24, 2.45) is 5.16 Å². The molecule has 1 atom stereocenters. The van der Waals surface area contributed by atoms with E-state index >= 15 is 0 Å². The van der Waals surface area contributed by atoms with E-state index in [1.165, 1.54) is 11.6 Å². The lowest BCUT2D eigenvalue weighted by molar-refractivity contribution is -0.138. The van der Waals surface area contributed by atoms with E-state index < -0.39 is 11.7 Å². The zero-order chi connectivity index (χ0) is 21.1. The standard InChI is InChI=1S/C23H26F3N3O/c1-17-5-4-7-18(13-17)22-14-20(30-27-22)16-29-11-9-28(10-12-29)15-19-6-2-3-8-21(19)23(24,25)26/h2-8,13,20H,9-12,14-16H2,1H3. The summed E-state index contributed by atoms with van der Waals surface area (Å²) < 4.78 is 39.7. The quantitative estimate of drug-likeness (QED) is 0.725. The average molecular weight is 417 g/mol. The molecule has 0 amide bonds. The second-order valence-corrected chi connectivity index (χ2v) is 8.07. The minimum absolute atomic E-state index is 0.0259. The van der Waals surface area contributed by atoms with Crippen molar-refractivity contribution in [1.82, 2.24) is 9.80 Å². The van der Waals surface area contributed by atoms with Crippen molar-refractivity contribution in [3.63, 3.8) is 0 Å². The number of piperazine rings is 1. The van der Waals surface area contributed by atoms with Gasteiger partial charge >= 0.3 is 6.18 Å². The first-order chi connectivity index (χ1) is 14.4. The van der Waals surface area contributed by atoms with Crippen LogP contribution in [0.5, 0.6) is 0 Å². The number of hydrogen-bond acceptors (Lipinski definition) is 4. The molecule has 2 aromatic carbocycles. The zero-order valence-corrected chi connectivity index (χ0v) is 17.0. The number of nitrogens with zero attached hydrogens (tertiary/aromatic N) is 3. The Balaban J connectivity index is 1.26. The highest BCUT2D eigenvalue weighted by atomic mass is 19.4. The number of rotatable bonds is 5. The number of benzene rings is 2. The Labute approximate surface area is 174 Å². The molecule has 30 heavy (non-hydrogen) atoms. The van der Waals surface area contributed by atoms with E-state index in [1.54, 1.807) is 12.1 Å². The van der Waals surface area contributed by atoms with Crippen LogP contribution in [0.4, 0.5) is 13.2 Å². The van der Waals surface area contributed by atoms with Gasteiger partial charge in [-0.2, -0.15) is 13.2 Å². The summed E-state index contributed by atoms with van der Waals surface area (Å²) in [6.07, 6.45) is -3.51. The highest BCUT2D eigenvalue weighted by molar-refractivity contribution is 6.01. The summed E-state index contributed by atoms with van der Waals surface area (Å²) in [5.41, 5.74) is 3.08. The fourth-order valence-electron chi connectivity index (χ4n) is 4.11. The minimum atomic E-state index is -4.31. The van der Waals surface area contributed by atoms with E-state index in [4.69, 9.17) is 4.84 Å². The van der Waals surface area contributed by atoms with Crippen LogP contribution in [0.25, 0.3) is 0 Å². The van der Waals surface area contributed by atoms with Gasteiger partial charge in [0, 0.05) is 45.7 Å². The van der Waals surface area contributed by atoms with Crippen LogP contribution in [0, 0.1) is 6.92 Å². The summed E-state index contributed by atoms with van der Waals surface area (Å²) in [5, 5.41) is 4.27. The van der Waals surface area contributed by atoms with Gasteiger partial charge in [0.2, 0.25) is 0 Å². The first-order valence-electron chi connectivity index (χ1n) is 10.3. The molecule has 0 aliphatic carbocycles. The van der Waals surface area contributed by atoms with Crippen LogP contribution < -0.4 is 0 Å². The Morgan fingerprint density at radius 1 is 1.00 bits per heavy atom. The normalized spacial score (nSPS) is 20.8. The van der Waals surface area contributed by atoms with Gasteiger partial charge in [0.1, 0.15) is 6.10 Å². The van der Waals surface area contributed by atoms with Gasteiger partial charge < -0.3 is 4.84 Å². The fourth-order valence-corrected chi connectivity index (χ4v) is 4.11. The summed E-state index contributed by atoms with van der Waals surface area (Å²) in [6.45, 7) is 6.27. The summed E-state index contributed by atoms with van der Waals surface area (Å²) in [7, 11) is 0. The first-order valence-corrected chi connectivity index (χ1v) is 10.3. The van der Waals surface area contributed by atoms with Gasteiger partial charge in [-0.05, 0) is 24.1 Å². The number of alkyl halides is 3. The van der Waals surface area contributed by atoms with Gasteiger partial charge in [0.15, 0.2) is 0 Å². The van der Waals surface area contributed by atoms with E-state index in [0.717, 1.165) is 56.5 Å². The molecule has 1 unspecified atom stereocenters. The van der Waals surface area contributed by atoms with E-state index in [0.29, 0.717) is 12.1 Å². The summed E-state index contributed by atoms with van der Waals surface area (Å²) in [6, 6.07) is 14.1. The van der Waals surface area contributed by atoms with Crippen molar-refractivity contribution >= 4 is 5.71 Å². The van der Waals surface area contributed by atoms with Crippen LogP contribution in [0.3, 0.4) is 0 Å². The predicted molar refractivity (Wildman–Crippen MR) is 110 cm³/mol. The van der Waals surface area contributed by atoms with Crippen molar-refractivity contribution in [1.29, 1.82) is 0 Å². The van der Waals surface area contributed by atoms with E-state index in [9.17, 15) is 13.2 Å². The van der Waals surface area contributed by atoms with Gasteiger partial charge in [0.05, 0.1) is 11.3 Å². The average Bonchev–Trinajstić information content (AvgIpc) is 3.18. The van der Waals surface area contributed by atoms with E-state index in [2.05, 4.69) is 40.1 Å². The van der Waals surface area contributed by atoms with Gasteiger partial charge in [-0.1, -0.05) is 53.2 Å². The van der Waals surface area contributed by atoms with Gasteiger partial charge in [-0.15, -0.1) is 0 Å². The topological polar surface area (TPSA) is 28.1 Å². The predicted octanol–water partition coefficient (Wildman–Crippen LogP) is 4.32. The Hall–Kier alpha value is -2.38. The maximum absolute atomic E-state index is 13.2. The Kier molecular flexibility index (Phi) is 6.11. The third-order valence-corrected chi connectivity index (χ3v) is 5.73. The van der Waals surface area contributed by atoms with Crippen molar-refractivity contribution in [3.8, 4) is 0 Å². The second-order valence-electron chi connectivity index (χ2n) is 8.07. The molecular formula is C23H26F3N3O. The molecule has 0 spiro atoms.